The van der Waals surface area contributed by atoms with Crippen LogP contribution in [0.15, 0.2) is 59.2 Å². The highest BCUT2D eigenvalue weighted by Crippen LogP contribution is 2.37. The third-order valence-corrected chi connectivity index (χ3v) is 10.4. The van der Waals surface area contributed by atoms with Crippen molar-refractivity contribution < 1.29 is 28.2 Å². The number of aromatic nitrogens is 4. The Labute approximate surface area is 225 Å². The summed E-state index contributed by atoms with van der Waals surface area (Å²) >= 11 is 7.11. The number of aliphatic hydroxyl groups excluding tert-OH is 2. The Hall–Kier alpha value is -3.27. The van der Waals surface area contributed by atoms with Gasteiger partial charge in [-0.2, -0.15) is 9.04 Å². The average molecular weight is 575 g/mol. The number of sulfonamides is 1. The van der Waals surface area contributed by atoms with E-state index in [4.69, 9.17) is 11.6 Å². The molecule has 15 heteroatoms. The van der Waals surface area contributed by atoms with Crippen LogP contribution < -0.4 is 4.73 Å². The molecule has 0 radical (unpaired) electrons. The van der Waals surface area contributed by atoms with Crippen molar-refractivity contribution in [1.82, 2.24) is 24.4 Å². The lowest BCUT2D eigenvalue weighted by Crippen LogP contribution is -2.59. The van der Waals surface area contributed by atoms with E-state index in [9.17, 15) is 28.6 Å². The largest absolute Gasteiger partial charge is 0.619 e. The smallest absolute Gasteiger partial charge is 0.276 e. The average Bonchev–Trinajstić information content (AvgIpc) is 3.41. The highest BCUT2D eigenvalue weighted by Gasteiger charge is 2.56. The van der Waals surface area contributed by atoms with Gasteiger partial charge in [0.1, 0.15) is 16.4 Å². The number of halogens is 1. The number of fused-ring (bicyclic) bond motifs is 3. The summed E-state index contributed by atoms with van der Waals surface area (Å²) in [6.07, 6.45) is 1.06. The highest BCUT2D eigenvalue weighted by molar-refractivity contribution is 7.91. The molecule has 38 heavy (non-hydrogen) atoms. The molecule has 5 heterocycles. The molecule has 4 aromatic rings. The number of aliphatic hydroxyl groups is 2. The van der Waals surface area contributed by atoms with Gasteiger partial charge in [0.2, 0.25) is 0 Å². The van der Waals surface area contributed by atoms with Crippen LogP contribution in [0.4, 0.5) is 0 Å². The molecule has 2 aliphatic rings. The van der Waals surface area contributed by atoms with Crippen LogP contribution in [-0.4, -0.2) is 86.3 Å². The van der Waals surface area contributed by atoms with Crippen molar-refractivity contribution in [2.24, 2.45) is 0 Å². The van der Waals surface area contributed by atoms with Crippen LogP contribution in [0.5, 0.6) is 0 Å². The maximum absolute atomic E-state index is 13.5. The van der Waals surface area contributed by atoms with Crippen molar-refractivity contribution in [2.75, 3.05) is 13.1 Å². The van der Waals surface area contributed by atoms with Crippen molar-refractivity contribution in [1.29, 1.82) is 0 Å². The van der Waals surface area contributed by atoms with E-state index < -0.39 is 40.2 Å². The molecule has 1 amide bonds. The second kappa shape index (κ2) is 9.18. The maximum Gasteiger partial charge on any atom is 0.276 e. The van der Waals surface area contributed by atoms with E-state index in [1.807, 2.05) is 0 Å². The van der Waals surface area contributed by atoms with Gasteiger partial charge in [-0.3, -0.25) is 4.79 Å². The third kappa shape index (κ3) is 4.09. The topological polar surface area (TPSA) is 164 Å². The van der Waals surface area contributed by atoms with Gasteiger partial charge in [-0.05, 0) is 23.6 Å². The van der Waals surface area contributed by atoms with Crippen LogP contribution in [0.3, 0.4) is 0 Å². The Kier molecular flexibility index (Phi) is 6.05. The number of thiophene rings is 1. The summed E-state index contributed by atoms with van der Waals surface area (Å²) < 4.78 is 29.6. The van der Waals surface area contributed by atoms with Crippen LogP contribution >= 0.6 is 22.9 Å². The molecule has 6 rings (SSSR count). The second-order valence-corrected chi connectivity index (χ2v) is 12.7. The predicted octanol–water partition coefficient (Wildman–Crippen LogP) is 0.659. The van der Waals surface area contributed by atoms with Gasteiger partial charge in [0.25, 0.3) is 15.9 Å². The molecule has 3 aromatic heterocycles. The molecule has 0 aliphatic carbocycles. The Bertz CT molecular complexity index is 1630. The lowest BCUT2D eigenvalue weighted by molar-refractivity contribution is -0.605. The Morgan fingerprint density at radius 2 is 1.76 bits per heavy atom. The molecule has 0 saturated carbocycles. The summed E-state index contributed by atoms with van der Waals surface area (Å²) in [4.78, 5) is 18.8. The molecule has 196 valence electrons. The van der Waals surface area contributed by atoms with E-state index in [0.717, 1.165) is 16.7 Å². The van der Waals surface area contributed by atoms with E-state index in [0.29, 0.717) is 20.0 Å². The lowest BCUT2D eigenvalue weighted by Gasteiger charge is -2.39. The van der Waals surface area contributed by atoms with Gasteiger partial charge in [-0.25, -0.2) is 13.4 Å². The number of pyridine rings is 1. The van der Waals surface area contributed by atoms with Gasteiger partial charge in [0, 0.05) is 40.5 Å². The zero-order valence-corrected chi connectivity index (χ0v) is 21.7. The van der Waals surface area contributed by atoms with Gasteiger partial charge < -0.3 is 20.3 Å². The molecule has 2 saturated heterocycles. The van der Waals surface area contributed by atoms with Gasteiger partial charge in [-0.15, -0.1) is 21.5 Å². The minimum atomic E-state index is -3.98. The van der Waals surface area contributed by atoms with E-state index in [1.54, 1.807) is 24.3 Å². The summed E-state index contributed by atoms with van der Waals surface area (Å²) in [7, 11) is -3.98. The molecule has 4 atom stereocenters. The summed E-state index contributed by atoms with van der Waals surface area (Å²) in [5, 5.41) is 41.8. The summed E-state index contributed by atoms with van der Waals surface area (Å²) in [6.45, 7) is -0.425. The number of carbonyl (C=O) groups excluding carboxylic acids is 1. The Balaban J connectivity index is 1.26. The van der Waals surface area contributed by atoms with Crippen LogP contribution in [0, 0.1) is 5.21 Å². The lowest BCUT2D eigenvalue weighted by atomic mass is 10.1. The maximum atomic E-state index is 13.5. The molecular formula is C23H19ClN6O6S2. The van der Waals surface area contributed by atoms with Crippen LogP contribution in [0.25, 0.3) is 21.5 Å². The van der Waals surface area contributed by atoms with Crippen LogP contribution in [0.2, 0.25) is 5.02 Å². The van der Waals surface area contributed by atoms with Crippen molar-refractivity contribution in [3.8, 4) is 11.4 Å². The monoisotopic (exact) mass is 574 g/mol. The zero-order valence-electron chi connectivity index (χ0n) is 19.3. The molecule has 0 spiro atoms. The van der Waals surface area contributed by atoms with Crippen molar-refractivity contribution in [3.63, 3.8) is 0 Å². The Morgan fingerprint density at radius 1 is 1.08 bits per heavy atom. The number of carbonyl (C=O) groups is 1. The zero-order chi connectivity index (χ0) is 26.8. The molecule has 4 unspecified atom stereocenters. The predicted molar refractivity (Wildman–Crippen MR) is 136 cm³/mol. The molecule has 12 nitrogen and oxygen atoms in total. The number of amides is 1. The first-order chi connectivity index (χ1) is 18.1. The molecular weight excluding hydrogens is 556 g/mol. The van der Waals surface area contributed by atoms with Gasteiger partial charge >= 0.3 is 0 Å². The summed E-state index contributed by atoms with van der Waals surface area (Å²) in [6, 6.07) is 7.66. The van der Waals surface area contributed by atoms with E-state index >= 15 is 0 Å². The normalized spacial score (nSPS) is 23.7. The van der Waals surface area contributed by atoms with E-state index in [-0.39, 0.29) is 28.8 Å². The van der Waals surface area contributed by atoms with Crippen molar-refractivity contribution in [2.45, 2.75) is 28.5 Å². The van der Waals surface area contributed by atoms with Crippen LogP contribution in [-0.2, 0) is 10.0 Å². The highest BCUT2D eigenvalue weighted by atomic mass is 35.5. The van der Waals surface area contributed by atoms with Crippen LogP contribution in [0.1, 0.15) is 10.5 Å². The first-order valence-electron chi connectivity index (χ1n) is 11.4. The fourth-order valence-corrected chi connectivity index (χ4v) is 8.15. The molecule has 1 aromatic carbocycles. The van der Waals surface area contributed by atoms with Crippen molar-refractivity contribution >= 4 is 49.0 Å². The van der Waals surface area contributed by atoms with Gasteiger partial charge in [0.15, 0.2) is 23.9 Å². The number of benzene rings is 1. The third-order valence-electron chi connectivity index (χ3n) is 6.76. The van der Waals surface area contributed by atoms with Crippen molar-refractivity contribution in [3.05, 3.63) is 70.9 Å². The number of hydrogen-bond donors (Lipinski definition) is 2. The SMILES string of the molecule is O=C(c1cnc(-c2cc[n+]([O-])cc2)nn1)N1C2CN(S(=O)(=O)c3cc4ccc(Cl)cc4s3)CC1C(O)C2O. The quantitative estimate of drug-likeness (QED) is 0.263. The molecule has 2 N–H and O–H groups in total. The number of hydrogen-bond acceptors (Lipinski definition) is 10. The minimum Gasteiger partial charge on any atom is -0.619 e. The first kappa shape index (κ1) is 25.0. The number of rotatable bonds is 4. The summed E-state index contributed by atoms with van der Waals surface area (Å²) in [5.74, 6) is -0.438. The first-order valence-corrected chi connectivity index (χ1v) is 14.0. The number of nitrogens with zero attached hydrogens (tertiary/aromatic N) is 6. The molecule has 2 fully saturated rings. The van der Waals surface area contributed by atoms with Gasteiger partial charge in [-0.1, -0.05) is 17.7 Å². The standard InChI is InChI=1S/C23H19ClN6O6S2/c24-14-2-1-13-7-19(37-18(13)8-14)38(35,36)29-10-16-20(31)21(32)17(11-29)30(16)23(33)15-9-25-22(27-26-15)12-3-5-28(34)6-4-12/h1-9,16-17,20-21,31-32H,10-11H2. The number of piperazine rings is 1. The Morgan fingerprint density at radius 3 is 2.39 bits per heavy atom. The summed E-state index contributed by atoms with van der Waals surface area (Å²) in [5.41, 5.74) is 0.398. The fourth-order valence-electron chi connectivity index (χ4n) is 4.85. The molecule has 2 aliphatic heterocycles. The molecule has 2 bridgehead atoms. The van der Waals surface area contributed by atoms with Gasteiger partial charge in [0.05, 0.1) is 18.3 Å². The van der Waals surface area contributed by atoms with E-state index in [2.05, 4.69) is 15.2 Å². The minimum absolute atomic E-state index is 0.104. The van der Waals surface area contributed by atoms with E-state index in [1.165, 1.54) is 39.9 Å². The fraction of sp³-hybridized carbons (Fsp3) is 0.261. The second-order valence-electron chi connectivity index (χ2n) is 9.01.